The molecular weight excluding hydrogens is 438 g/mol. The van der Waals surface area contributed by atoms with Gasteiger partial charge in [0, 0.05) is 6.54 Å². The van der Waals surface area contributed by atoms with Gasteiger partial charge in [-0.1, -0.05) is 24.3 Å². The summed E-state index contributed by atoms with van der Waals surface area (Å²) in [6, 6.07) is 9.83. The molecule has 1 aliphatic rings. The number of carbonyl (C=O) groups is 1. The Bertz CT molecular complexity index is 1020. The number of sulfonamides is 1. The molecule has 1 amide bonds. The number of benzene rings is 2. The molecule has 1 fully saturated rings. The van der Waals surface area contributed by atoms with Crippen molar-refractivity contribution in [3.8, 4) is 0 Å². The molecule has 1 saturated heterocycles. The lowest BCUT2D eigenvalue weighted by Gasteiger charge is -2.31. The summed E-state index contributed by atoms with van der Waals surface area (Å²) in [6.07, 6.45) is -4.78. The van der Waals surface area contributed by atoms with Crippen LogP contribution < -0.4 is 10.2 Å². The summed E-state index contributed by atoms with van der Waals surface area (Å²) in [4.78, 5) is 12.2. The summed E-state index contributed by atoms with van der Waals surface area (Å²) >= 11 is 0. The number of piperazine rings is 1. The quantitative estimate of drug-likeness (QED) is 0.634. The number of nitrogens with one attached hydrogen (secondary N) is 2. The van der Waals surface area contributed by atoms with Crippen molar-refractivity contribution < 1.29 is 35.7 Å². The van der Waals surface area contributed by atoms with Gasteiger partial charge in [0.05, 0.1) is 36.6 Å². The van der Waals surface area contributed by atoms with Gasteiger partial charge in [-0.05, 0) is 29.8 Å². The highest BCUT2D eigenvalue weighted by Gasteiger charge is 2.40. The Kier molecular flexibility index (Phi) is 6.97. The van der Waals surface area contributed by atoms with Gasteiger partial charge in [0.25, 0.3) is 5.91 Å². The molecule has 0 saturated carbocycles. The van der Waals surface area contributed by atoms with Crippen LogP contribution in [0.3, 0.4) is 0 Å². The summed E-state index contributed by atoms with van der Waals surface area (Å²) in [5.74, 6) is -0.622. The summed E-state index contributed by atoms with van der Waals surface area (Å²) < 4.78 is 79.1. The van der Waals surface area contributed by atoms with Crippen LogP contribution in [0.5, 0.6) is 0 Å². The first kappa shape index (κ1) is 23.2. The number of carbonyl (C=O) groups excluding carboxylic acids is 1. The van der Waals surface area contributed by atoms with Crippen molar-refractivity contribution in [3.63, 3.8) is 0 Å². The average Bonchev–Trinajstić information content (AvgIpc) is 2.73. The van der Waals surface area contributed by atoms with E-state index in [1.54, 1.807) is 12.1 Å². The second-order valence-corrected chi connectivity index (χ2v) is 9.13. The normalized spacial score (nSPS) is 16.3. The molecular formula is C20H22F4N3O3S+. The highest BCUT2D eigenvalue weighted by Crippen LogP contribution is 2.35. The van der Waals surface area contributed by atoms with Crippen LogP contribution in [-0.2, 0) is 27.5 Å². The lowest BCUT2D eigenvalue weighted by atomic mass is 10.2. The van der Waals surface area contributed by atoms with Crippen LogP contribution >= 0.6 is 0 Å². The van der Waals surface area contributed by atoms with Gasteiger partial charge < -0.3 is 10.2 Å². The van der Waals surface area contributed by atoms with Crippen molar-refractivity contribution in [2.45, 2.75) is 17.6 Å². The second kappa shape index (κ2) is 9.33. The smallest absolute Gasteiger partial charge is 0.347 e. The number of amides is 1. The summed E-state index contributed by atoms with van der Waals surface area (Å²) in [5, 5.41) is 2.72. The number of hydrogen-bond acceptors (Lipinski definition) is 3. The first-order valence-corrected chi connectivity index (χ1v) is 11.0. The summed E-state index contributed by atoms with van der Waals surface area (Å²) in [7, 11) is -4.31. The van der Waals surface area contributed by atoms with Gasteiger partial charge in [-0.3, -0.25) is 4.79 Å². The molecule has 6 nitrogen and oxygen atoms in total. The predicted molar refractivity (Wildman–Crippen MR) is 104 cm³/mol. The minimum absolute atomic E-state index is 0.00903. The molecule has 0 unspecified atom stereocenters. The van der Waals surface area contributed by atoms with Crippen LogP contribution in [0.4, 0.5) is 17.6 Å². The number of quaternary nitrogens is 1. The maximum absolute atomic E-state index is 13.2. The molecule has 0 spiro atoms. The summed E-state index contributed by atoms with van der Waals surface area (Å²) in [5.41, 5.74) is -0.450. The molecule has 168 valence electrons. The first-order valence-electron chi connectivity index (χ1n) is 9.58. The van der Waals surface area contributed by atoms with E-state index in [-0.39, 0.29) is 51.0 Å². The fourth-order valence-corrected chi connectivity index (χ4v) is 5.03. The van der Waals surface area contributed by atoms with E-state index in [9.17, 15) is 30.8 Å². The molecule has 0 aromatic heterocycles. The van der Waals surface area contributed by atoms with Gasteiger partial charge in [0.1, 0.15) is 5.82 Å². The molecule has 2 N–H and O–H groups in total. The van der Waals surface area contributed by atoms with Crippen LogP contribution in [0.1, 0.15) is 11.1 Å². The molecule has 1 heterocycles. The maximum atomic E-state index is 13.2. The third kappa shape index (κ3) is 5.81. The molecule has 0 atom stereocenters. The van der Waals surface area contributed by atoms with E-state index in [1.165, 1.54) is 18.2 Å². The zero-order chi connectivity index (χ0) is 22.6. The lowest BCUT2D eigenvalue weighted by Crippen LogP contribution is -3.15. The molecule has 2 aromatic rings. The van der Waals surface area contributed by atoms with Crippen LogP contribution in [0.15, 0.2) is 53.4 Å². The third-order valence-electron chi connectivity index (χ3n) is 5.05. The Balaban J connectivity index is 1.55. The van der Waals surface area contributed by atoms with Gasteiger partial charge in [0.2, 0.25) is 10.0 Å². The number of halogens is 4. The second-order valence-electron chi connectivity index (χ2n) is 7.23. The Morgan fingerprint density at radius 3 is 2.26 bits per heavy atom. The van der Waals surface area contributed by atoms with Crippen LogP contribution in [0.2, 0.25) is 0 Å². The maximum Gasteiger partial charge on any atom is 0.417 e. The monoisotopic (exact) mass is 460 g/mol. The zero-order valence-electron chi connectivity index (χ0n) is 16.5. The van der Waals surface area contributed by atoms with Crippen molar-refractivity contribution in [2.24, 2.45) is 0 Å². The highest BCUT2D eigenvalue weighted by molar-refractivity contribution is 7.89. The Labute approximate surface area is 177 Å². The standard InChI is InChI=1S/C20H21F4N3O3S/c21-16-7-5-15(6-8-16)13-25-19(28)14-26-9-11-27(12-10-26)31(29,30)18-4-2-1-3-17(18)20(22,23)24/h1-8H,9-14H2,(H,25,28)/p+1. The molecule has 2 aromatic carbocycles. The van der Waals surface area contributed by atoms with Crippen LogP contribution in [0, 0.1) is 5.82 Å². The van der Waals surface area contributed by atoms with Gasteiger partial charge >= 0.3 is 6.18 Å². The van der Waals surface area contributed by atoms with Crippen molar-refractivity contribution in [1.82, 2.24) is 9.62 Å². The van der Waals surface area contributed by atoms with E-state index in [0.717, 1.165) is 33.0 Å². The first-order chi connectivity index (χ1) is 14.6. The highest BCUT2D eigenvalue weighted by atomic mass is 32.2. The molecule has 11 heteroatoms. The number of rotatable bonds is 6. The molecule has 3 rings (SSSR count). The van der Waals surface area contributed by atoms with Gasteiger partial charge in [0.15, 0.2) is 6.54 Å². The third-order valence-corrected chi connectivity index (χ3v) is 7.01. The largest absolute Gasteiger partial charge is 0.417 e. The number of nitrogens with zero attached hydrogens (tertiary/aromatic N) is 1. The average molecular weight is 460 g/mol. The molecule has 0 bridgehead atoms. The summed E-state index contributed by atoms with van der Waals surface area (Å²) in [6.45, 7) is 0.939. The minimum Gasteiger partial charge on any atom is -0.347 e. The van der Waals surface area contributed by atoms with Gasteiger partial charge in [-0.25, -0.2) is 12.8 Å². The fourth-order valence-electron chi connectivity index (χ4n) is 3.38. The molecule has 0 radical (unpaired) electrons. The van der Waals surface area contributed by atoms with E-state index in [1.807, 2.05) is 0 Å². The predicted octanol–water partition coefficient (Wildman–Crippen LogP) is 1.05. The minimum atomic E-state index is -4.78. The number of alkyl halides is 3. The van der Waals surface area contributed by atoms with Gasteiger partial charge in [-0.15, -0.1) is 0 Å². The van der Waals surface area contributed by atoms with E-state index < -0.39 is 26.7 Å². The van der Waals surface area contributed by atoms with E-state index >= 15 is 0 Å². The van der Waals surface area contributed by atoms with E-state index in [2.05, 4.69) is 5.32 Å². The van der Waals surface area contributed by atoms with Crippen molar-refractivity contribution >= 4 is 15.9 Å². The Morgan fingerprint density at radius 1 is 1.03 bits per heavy atom. The van der Waals surface area contributed by atoms with Gasteiger partial charge in [-0.2, -0.15) is 17.5 Å². The number of hydrogen-bond donors (Lipinski definition) is 2. The molecule has 1 aliphatic heterocycles. The SMILES string of the molecule is O=C(C[NH+]1CCN(S(=O)(=O)c2ccccc2C(F)(F)F)CC1)NCc1ccc(F)cc1. The van der Waals surface area contributed by atoms with Crippen LogP contribution in [0.25, 0.3) is 0 Å². The van der Waals surface area contributed by atoms with Crippen LogP contribution in [-0.4, -0.2) is 51.4 Å². The zero-order valence-corrected chi connectivity index (χ0v) is 17.3. The van der Waals surface area contributed by atoms with E-state index in [4.69, 9.17) is 0 Å². The molecule has 31 heavy (non-hydrogen) atoms. The molecule has 0 aliphatic carbocycles. The van der Waals surface area contributed by atoms with E-state index in [0.29, 0.717) is 0 Å². The lowest BCUT2D eigenvalue weighted by molar-refractivity contribution is -0.895. The topological polar surface area (TPSA) is 70.9 Å². The van der Waals surface area contributed by atoms with Crippen molar-refractivity contribution in [1.29, 1.82) is 0 Å². The Hall–Kier alpha value is -2.50. The Morgan fingerprint density at radius 2 is 1.65 bits per heavy atom. The van der Waals surface area contributed by atoms with Crippen molar-refractivity contribution in [2.75, 3.05) is 32.7 Å². The fraction of sp³-hybridized carbons (Fsp3) is 0.350. The van der Waals surface area contributed by atoms with Crippen molar-refractivity contribution in [3.05, 3.63) is 65.5 Å².